The molecule has 0 bridgehead atoms. The fourth-order valence-electron chi connectivity index (χ4n) is 1.26. The van der Waals surface area contributed by atoms with E-state index in [4.69, 9.17) is 4.74 Å². The minimum atomic E-state index is -1.27. The van der Waals surface area contributed by atoms with E-state index in [0.717, 1.165) is 0 Å². The molecule has 0 saturated carbocycles. The molecule has 16 heavy (non-hydrogen) atoms. The van der Waals surface area contributed by atoms with E-state index in [1.165, 1.54) is 13.8 Å². The second-order valence-electron chi connectivity index (χ2n) is 4.74. The van der Waals surface area contributed by atoms with Gasteiger partial charge in [-0.1, -0.05) is 0 Å². The highest BCUT2D eigenvalue weighted by Gasteiger charge is 2.25. The van der Waals surface area contributed by atoms with Crippen molar-refractivity contribution in [3.63, 3.8) is 0 Å². The van der Waals surface area contributed by atoms with Crippen molar-refractivity contribution in [3.8, 4) is 5.75 Å². The minimum absolute atomic E-state index is 0.0312. The first kappa shape index (κ1) is 12.9. The zero-order valence-corrected chi connectivity index (χ0v) is 10.0. The summed E-state index contributed by atoms with van der Waals surface area (Å²) in [4.78, 5) is 0. The summed E-state index contributed by atoms with van der Waals surface area (Å²) in [5.41, 5.74) is -0.745. The Bertz CT molecular complexity index is 390. The van der Waals surface area contributed by atoms with Gasteiger partial charge in [-0.3, -0.25) is 0 Å². The molecule has 4 heteroatoms. The second kappa shape index (κ2) is 4.00. The molecular weight excluding hydrogens is 217 g/mol. The predicted molar refractivity (Wildman–Crippen MR) is 56.2 cm³/mol. The molecule has 0 heterocycles. The Labute approximate surface area is 93.2 Å². The van der Waals surface area contributed by atoms with Crippen LogP contribution in [0, 0.1) is 31.3 Å². The van der Waals surface area contributed by atoms with E-state index in [9.17, 15) is 13.2 Å². The Balaban J connectivity index is 3.40. The van der Waals surface area contributed by atoms with Gasteiger partial charge in [0.1, 0.15) is 5.60 Å². The van der Waals surface area contributed by atoms with Crippen molar-refractivity contribution in [3.05, 3.63) is 28.6 Å². The van der Waals surface area contributed by atoms with Crippen LogP contribution in [0.15, 0.2) is 0 Å². The first-order valence-corrected chi connectivity index (χ1v) is 4.98. The van der Waals surface area contributed by atoms with Gasteiger partial charge in [-0.15, -0.1) is 0 Å². The average Bonchev–Trinajstić information content (AvgIpc) is 2.17. The third kappa shape index (κ3) is 2.31. The van der Waals surface area contributed by atoms with Crippen molar-refractivity contribution in [2.45, 2.75) is 40.2 Å². The van der Waals surface area contributed by atoms with Crippen LogP contribution in [0.5, 0.6) is 5.75 Å². The number of rotatable bonds is 1. The number of hydrogen-bond donors (Lipinski definition) is 0. The summed E-state index contributed by atoms with van der Waals surface area (Å²) < 4.78 is 45.7. The van der Waals surface area contributed by atoms with Crippen molar-refractivity contribution in [2.24, 2.45) is 0 Å². The summed E-state index contributed by atoms with van der Waals surface area (Å²) in [5.74, 6) is -3.81. The Hall–Kier alpha value is -1.19. The molecule has 0 spiro atoms. The van der Waals surface area contributed by atoms with Crippen LogP contribution in [0.2, 0.25) is 0 Å². The maximum absolute atomic E-state index is 13.7. The van der Waals surface area contributed by atoms with E-state index < -0.39 is 28.8 Å². The monoisotopic (exact) mass is 232 g/mol. The van der Waals surface area contributed by atoms with Gasteiger partial charge in [-0.05, 0) is 45.7 Å². The quantitative estimate of drug-likeness (QED) is 0.667. The zero-order chi connectivity index (χ0) is 12.7. The fraction of sp³-hybridized carbons (Fsp3) is 0.500. The molecule has 0 unspecified atom stereocenters. The molecule has 1 aromatic carbocycles. The lowest BCUT2D eigenvalue weighted by Gasteiger charge is -2.23. The van der Waals surface area contributed by atoms with Crippen LogP contribution in [-0.4, -0.2) is 5.60 Å². The highest BCUT2D eigenvalue weighted by Crippen LogP contribution is 2.32. The Kier molecular flexibility index (Phi) is 3.22. The van der Waals surface area contributed by atoms with Crippen LogP contribution in [0.4, 0.5) is 13.2 Å². The topological polar surface area (TPSA) is 9.23 Å². The molecule has 0 aliphatic rings. The minimum Gasteiger partial charge on any atom is -0.482 e. The van der Waals surface area contributed by atoms with Gasteiger partial charge in [0.25, 0.3) is 0 Å². The van der Waals surface area contributed by atoms with Gasteiger partial charge in [-0.25, -0.2) is 8.78 Å². The van der Waals surface area contributed by atoms with Gasteiger partial charge in [0.2, 0.25) is 5.82 Å². The lowest BCUT2D eigenvalue weighted by molar-refractivity contribution is 0.115. The molecule has 90 valence electrons. The lowest BCUT2D eigenvalue weighted by atomic mass is 10.1. The fourth-order valence-corrected chi connectivity index (χ4v) is 1.26. The van der Waals surface area contributed by atoms with Gasteiger partial charge in [0.15, 0.2) is 17.4 Å². The summed E-state index contributed by atoms with van der Waals surface area (Å²) in [6.45, 7) is 7.64. The molecule has 1 rings (SSSR count). The van der Waals surface area contributed by atoms with Gasteiger partial charge < -0.3 is 4.74 Å². The normalized spacial score (nSPS) is 11.8. The molecule has 0 aliphatic heterocycles. The molecule has 0 amide bonds. The third-order valence-electron chi connectivity index (χ3n) is 2.22. The number of ether oxygens (including phenoxy) is 1. The smallest absolute Gasteiger partial charge is 0.204 e. The van der Waals surface area contributed by atoms with Gasteiger partial charge in [0, 0.05) is 0 Å². The number of benzene rings is 1. The molecule has 0 atom stereocenters. The standard InChI is InChI=1S/C12H15F3O/c1-6-7(2)9(14)11(10(15)8(6)13)16-12(3,4)5/h1-5H3. The van der Waals surface area contributed by atoms with Crippen molar-refractivity contribution in [1.29, 1.82) is 0 Å². The van der Waals surface area contributed by atoms with Crippen LogP contribution in [0.1, 0.15) is 31.9 Å². The first-order valence-electron chi connectivity index (χ1n) is 4.98. The highest BCUT2D eigenvalue weighted by atomic mass is 19.2. The van der Waals surface area contributed by atoms with Crippen LogP contribution < -0.4 is 4.74 Å². The summed E-state index contributed by atoms with van der Waals surface area (Å²) in [6.07, 6.45) is 0. The summed E-state index contributed by atoms with van der Waals surface area (Å²) in [6, 6.07) is 0. The molecule has 0 fully saturated rings. The Morgan fingerprint density at radius 3 is 1.69 bits per heavy atom. The summed E-state index contributed by atoms with van der Waals surface area (Å²) >= 11 is 0. The molecule has 0 aromatic heterocycles. The summed E-state index contributed by atoms with van der Waals surface area (Å²) in [7, 11) is 0. The van der Waals surface area contributed by atoms with Crippen molar-refractivity contribution in [2.75, 3.05) is 0 Å². The van der Waals surface area contributed by atoms with Crippen molar-refractivity contribution < 1.29 is 17.9 Å². The van der Waals surface area contributed by atoms with Crippen LogP contribution in [0.25, 0.3) is 0 Å². The SMILES string of the molecule is Cc1c(C)c(F)c(OC(C)(C)C)c(F)c1F. The van der Waals surface area contributed by atoms with E-state index in [1.54, 1.807) is 20.8 Å². The van der Waals surface area contributed by atoms with Crippen LogP contribution >= 0.6 is 0 Å². The molecule has 0 radical (unpaired) electrons. The maximum Gasteiger partial charge on any atom is 0.204 e. The third-order valence-corrected chi connectivity index (χ3v) is 2.22. The van der Waals surface area contributed by atoms with E-state index >= 15 is 0 Å². The number of halogens is 3. The predicted octanol–water partition coefficient (Wildman–Crippen LogP) is 3.90. The van der Waals surface area contributed by atoms with Crippen LogP contribution in [-0.2, 0) is 0 Å². The molecule has 1 aromatic rings. The first-order chi connectivity index (χ1) is 7.15. The van der Waals surface area contributed by atoms with Gasteiger partial charge in [-0.2, -0.15) is 4.39 Å². The molecular formula is C12H15F3O. The Morgan fingerprint density at radius 2 is 1.25 bits per heavy atom. The summed E-state index contributed by atoms with van der Waals surface area (Å²) in [5, 5.41) is 0. The maximum atomic E-state index is 13.7. The van der Waals surface area contributed by atoms with E-state index in [-0.39, 0.29) is 11.1 Å². The van der Waals surface area contributed by atoms with E-state index in [1.807, 2.05) is 0 Å². The molecule has 0 N–H and O–H groups in total. The molecule has 0 saturated heterocycles. The largest absolute Gasteiger partial charge is 0.482 e. The lowest BCUT2D eigenvalue weighted by Crippen LogP contribution is -2.25. The average molecular weight is 232 g/mol. The van der Waals surface area contributed by atoms with Crippen molar-refractivity contribution in [1.82, 2.24) is 0 Å². The molecule has 0 aliphatic carbocycles. The van der Waals surface area contributed by atoms with E-state index in [2.05, 4.69) is 0 Å². The highest BCUT2D eigenvalue weighted by molar-refractivity contribution is 5.39. The zero-order valence-electron chi connectivity index (χ0n) is 10.0. The number of hydrogen-bond acceptors (Lipinski definition) is 1. The van der Waals surface area contributed by atoms with E-state index in [0.29, 0.717) is 0 Å². The second-order valence-corrected chi connectivity index (χ2v) is 4.74. The van der Waals surface area contributed by atoms with Crippen LogP contribution in [0.3, 0.4) is 0 Å². The Morgan fingerprint density at radius 1 is 0.812 bits per heavy atom. The van der Waals surface area contributed by atoms with Gasteiger partial charge in [0.05, 0.1) is 0 Å². The molecule has 1 nitrogen and oxygen atoms in total. The van der Waals surface area contributed by atoms with Gasteiger partial charge >= 0.3 is 0 Å². The van der Waals surface area contributed by atoms with Crippen molar-refractivity contribution >= 4 is 0 Å².